The summed E-state index contributed by atoms with van der Waals surface area (Å²) in [6.45, 7) is 9.57. The molecule has 1 aromatic carbocycles. The third-order valence-corrected chi connectivity index (χ3v) is 7.49. The van der Waals surface area contributed by atoms with Crippen LogP contribution in [-0.2, 0) is 22.7 Å². The Kier molecular flexibility index (Phi) is 11.8. The lowest BCUT2D eigenvalue weighted by molar-refractivity contribution is -0.193. The third kappa shape index (κ3) is 11.6. The van der Waals surface area contributed by atoms with Gasteiger partial charge in [0, 0.05) is 24.5 Å². The van der Waals surface area contributed by atoms with Crippen LogP contribution in [0.2, 0.25) is 0 Å². The van der Waals surface area contributed by atoms with Gasteiger partial charge >= 0.3 is 24.3 Å². The molecule has 39 heavy (non-hydrogen) atoms. The predicted molar refractivity (Wildman–Crippen MR) is 134 cm³/mol. The summed E-state index contributed by atoms with van der Waals surface area (Å²) in [5.41, 5.74) is 3.41. The van der Waals surface area contributed by atoms with Gasteiger partial charge in [0.05, 0.1) is 0 Å². The van der Waals surface area contributed by atoms with E-state index in [4.69, 9.17) is 19.8 Å². The molecule has 0 amide bonds. The van der Waals surface area contributed by atoms with Crippen molar-refractivity contribution < 1.29 is 46.1 Å². The number of carboxylic acid groups (broad SMARTS) is 2. The summed E-state index contributed by atoms with van der Waals surface area (Å²) in [4.78, 5) is 24.7. The van der Waals surface area contributed by atoms with Gasteiger partial charge in [-0.2, -0.15) is 26.3 Å². The zero-order valence-corrected chi connectivity index (χ0v) is 22.2. The molecule has 13 heteroatoms. The van der Waals surface area contributed by atoms with Crippen molar-refractivity contribution in [2.75, 3.05) is 26.2 Å². The number of alkyl halides is 6. The quantitative estimate of drug-likeness (QED) is 0.418. The Labute approximate surface area is 226 Å². The number of carboxylic acids is 2. The first-order valence-corrected chi connectivity index (χ1v) is 13.1. The lowest BCUT2D eigenvalue weighted by atomic mass is 9.72. The summed E-state index contributed by atoms with van der Waals surface area (Å²) < 4.78 is 63.5. The third-order valence-electron chi connectivity index (χ3n) is 6.63. The van der Waals surface area contributed by atoms with Gasteiger partial charge in [0.2, 0.25) is 0 Å². The molecule has 2 N–H and O–H groups in total. The number of hydrogen-bond donors (Lipinski definition) is 2. The highest BCUT2D eigenvalue weighted by atomic mass is 32.1. The molecule has 1 spiro atoms. The highest BCUT2D eigenvalue weighted by Gasteiger charge is 2.39. The summed E-state index contributed by atoms with van der Waals surface area (Å²) in [5.74, 6) is -5.51. The van der Waals surface area contributed by atoms with Gasteiger partial charge in [-0.25, -0.2) is 9.59 Å². The maximum Gasteiger partial charge on any atom is 0.490 e. The molecular formula is C26H32F6N2O4S. The van der Waals surface area contributed by atoms with E-state index in [1.807, 2.05) is 11.3 Å². The minimum Gasteiger partial charge on any atom is -0.475 e. The number of benzene rings is 1. The van der Waals surface area contributed by atoms with Gasteiger partial charge in [-0.05, 0) is 74.7 Å². The molecule has 2 fully saturated rings. The molecule has 0 saturated carbocycles. The van der Waals surface area contributed by atoms with E-state index in [0.29, 0.717) is 5.41 Å². The minimum atomic E-state index is -5.08. The highest BCUT2D eigenvalue weighted by Crippen LogP contribution is 2.40. The number of rotatable bonds is 4. The molecule has 2 aliphatic rings. The first-order chi connectivity index (χ1) is 18.1. The topological polar surface area (TPSA) is 81.1 Å². The van der Waals surface area contributed by atoms with Gasteiger partial charge in [0.1, 0.15) is 0 Å². The lowest BCUT2D eigenvalue weighted by Gasteiger charge is -2.47. The maximum absolute atomic E-state index is 10.6. The smallest absolute Gasteiger partial charge is 0.475 e. The van der Waals surface area contributed by atoms with Crippen LogP contribution in [0.25, 0.3) is 0 Å². The van der Waals surface area contributed by atoms with Crippen LogP contribution in [0.15, 0.2) is 41.8 Å². The van der Waals surface area contributed by atoms with Gasteiger partial charge in [-0.15, -0.1) is 11.3 Å². The first kappa shape index (κ1) is 32.6. The second-order valence-electron chi connectivity index (χ2n) is 9.76. The Bertz CT molecular complexity index is 1010. The number of hydrogen-bond acceptors (Lipinski definition) is 5. The van der Waals surface area contributed by atoms with Crippen molar-refractivity contribution in [3.63, 3.8) is 0 Å². The zero-order valence-electron chi connectivity index (χ0n) is 21.4. The van der Waals surface area contributed by atoms with Crippen LogP contribution in [0.3, 0.4) is 0 Å². The number of nitrogens with zero attached hydrogens (tertiary/aromatic N) is 2. The molecule has 2 saturated heterocycles. The van der Waals surface area contributed by atoms with Crippen LogP contribution in [0.4, 0.5) is 26.3 Å². The molecule has 2 aromatic rings. The van der Waals surface area contributed by atoms with Crippen molar-refractivity contribution in [3.8, 4) is 0 Å². The summed E-state index contributed by atoms with van der Waals surface area (Å²) in [7, 11) is 0. The van der Waals surface area contributed by atoms with Crippen LogP contribution < -0.4 is 0 Å². The lowest BCUT2D eigenvalue weighted by Crippen LogP contribution is -2.49. The first-order valence-electron chi connectivity index (χ1n) is 12.2. The highest BCUT2D eigenvalue weighted by molar-refractivity contribution is 7.09. The second-order valence-corrected chi connectivity index (χ2v) is 10.8. The van der Waals surface area contributed by atoms with Crippen LogP contribution >= 0.6 is 11.3 Å². The largest absolute Gasteiger partial charge is 0.490 e. The number of carbonyl (C=O) groups is 2. The minimum absolute atomic E-state index is 0.578. The average Bonchev–Trinajstić information content (AvgIpc) is 3.35. The molecule has 0 bridgehead atoms. The van der Waals surface area contributed by atoms with Gasteiger partial charge in [0.25, 0.3) is 0 Å². The van der Waals surface area contributed by atoms with Crippen LogP contribution in [0.5, 0.6) is 0 Å². The zero-order chi connectivity index (χ0) is 29.3. The van der Waals surface area contributed by atoms with E-state index in [1.54, 1.807) is 0 Å². The number of halogens is 6. The van der Waals surface area contributed by atoms with E-state index < -0.39 is 24.3 Å². The molecule has 218 valence electrons. The molecule has 0 atom stereocenters. The summed E-state index contributed by atoms with van der Waals surface area (Å²) >= 11 is 1.90. The van der Waals surface area contributed by atoms with Crippen LogP contribution in [0, 0.1) is 12.3 Å². The van der Waals surface area contributed by atoms with Gasteiger partial charge < -0.3 is 10.2 Å². The van der Waals surface area contributed by atoms with Crippen molar-refractivity contribution in [2.45, 2.75) is 58.0 Å². The van der Waals surface area contributed by atoms with E-state index in [1.165, 1.54) is 67.9 Å². The number of piperidine rings is 2. The van der Waals surface area contributed by atoms with E-state index in [-0.39, 0.29) is 0 Å². The van der Waals surface area contributed by atoms with Gasteiger partial charge in [-0.1, -0.05) is 35.9 Å². The van der Waals surface area contributed by atoms with E-state index in [0.717, 1.165) is 13.1 Å². The second kappa shape index (κ2) is 14.1. The van der Waals surface area contributed by atoms with Crippen molar-refractivity contribution >= 4 is 23.3 Å². The SMILES string of the molecule is Cc1ccc(CN2CCCC3(CCN(Cc4cccs4)CC3)C2)cc1.O=C(O)C(F)(F)F.O=C(O)C(F)(F)F. The number of likely N-dealkylation sites (tertiary alicyclic amines) is 2. The molecule has 3 heterocycles. The Balaban J connectivity index is 0.000000317. The number of aliphatic carboxylic acids is 2. The summed E-state index contributed by atoms with van der Waals surface area (Å²) in [5, 5.41) is 16.4. The molecule has 0 aliphatic carbocycles. The molecule has 2 aliphatic heterocycles. The molecule has 1 aromatic heterocycles. The predicted octanol–water partition coefficient (Wildman–Crippen LogP) is 6.20. The van der Waals surface area contributed by atoms with Crippen LogP contribution in [0.1, 0.15) is 41.7 Å². The Hall–Kier alpha value is -2.64. The Morgan fingerprint density at radius 2 is 1.38 bits per heavy atom. The molecule has 6 nitrogen and oxygen atoms in total. The maximum atomic E-state index is 10.6. The van der Waals surface area contributed by atoms with Crippen molar-refractivity contribution in [3.05, 3.63) is 57.8 Å². The normalized spacial score (nSPS) is 17.9. The van der Waals surface area contributed by atoms with E-state index in [2.05, 4.69) is 58.5 Å². The molecule has 0 radical (unpaired) electrons. The average molecular weight is 583 g/mol. The van der Waals surface area contributed by atoms with Crippen LogP contribution in [-0.4, -0.2) is 70.5 Å². The van der Waals surface area contributed by atoms with Gasteiger partial charge in [0.15, 0.2) is 0 Å². The summed E-state index contributed by atoms with van der Waals surface area (Å²) in [6.07, 6.45) is -4.60. The number of aryl methyl sites for hydroxylation is 1. The van der Waals surface area contributed by atoms with Crippen molar-refractivity contribution in [2.24, 2.45) is 5.41 Å². The monoisotopic (exact) mass is 582 g/mol. The fourth-order valence-electron chi connectivity index (χ4n) is 4.61. The Morgan fingerprint density at radius 3 is 1.85 bits per heavy atom. The van der Waals surface area contributed by atoms with Crippen molar-refractivity contribution in [1.82, 2.24) is 9.80 Å². The number of thiophene rings is 1. The molecular weight excluding hydrogens is 550 g/mol. The standard InChI is InChI=1S/C22H30N2S.2C2HF3O2/c1-19-5-7-20(8-6-19)16-24-12-3-9-22(18-24)10-13-23(14-11-22)17-21-4-2-15-25-21;2*3-2(4,5)1(6)7/h2,4-8,15H,3,9-14,16-18H2,1H3;2*(H,6,7). The van der Waals surface area contributed by atoms with E-state index >= 15 is 0 Å². The van der Waals surface area contributed by atoms with Crippen molar-refractivity contribution in [1.29, 1.82) is 0 Å². The molecule has 4 rings (SSSR count). The fraction of sp³-hybridized carbons (Fsp3) is 0.538. The van der Waals surface area contributed by atoms with E-state index in [9.17, 15) is 26.3 Å². The summed E-state index contributed by atoms with van der Waals surface area (Å²) in [6, 6.07) is 13.6. The molecule has 0 unspecified atom stereocenters. The fourth-order valence-corrected chi connectivity index (χ4v) is 5.36. The van der Waals surface area contributed by atoms with Gasteiger partial charge in [-0.3, -0.25) is 9.80 Å². The Morgan fingerprint density at radius 1 is 0.846 bits per heavy atom.